The van der Waals surface area contributed by atoms with Crippen LogP contribution in [0.4, 0.5) is 0 Å². The third-order valence-corrected chi connectivity index (χ3v) is 1.94. The van der Waals surface area contributed by atoms with Gasteiger partial charge in [-0.3, -0.25) is 0 Å². The minimum Gasteiger partial charge on any atom is -0.392 e. The molecule has 72 valence electrons. The number of hydrogen-bond donors (Lipinski definition) is 2. The van der Waals surface area contributed by atoms with Crippen LogP contribution in [0.3, 0.4) is 0 Å². The van der Waals surface area contributed by atoms with Gasteiger partial charge in [0.05, 0.1) is 24.9 Å². The van der Waals surface area contributed by atoms with Crippen LogP contribution in [0.25, 0.3) is 5.57 Å². The zero-order chi connectivity index (χ0) is 10.4. The Morgan fingerprint density at radius 1 is 1.14 bits per heavy atom. The smallest absolute Gasteiger partial charge is 0.0975 e. The molecule has 0 bridgehead atoms. The Hall–Kier alpha value is -1.63. The zero-order valence-corrected chi connectivity index (χ0v) is 7.64. The van der Waals surface area contributed by atoms with Gasteiger partial charge in [0, 0.05) is 5.57 Å². The van der Waals surface area contributed by atoms with E-state index in [2.05, 4.69) is 0 Å². The van der Waals surface area contributed by atoms with Gasteiger partial charge in [-0.15, -0.1) is 0 Å². The van der Waals surface area contributed by atoms with Crippen LogP contribution in [-0.4, -0.2) is 23.4 Å². The molecule has 0 amide bonds. The Balaban J connectivity index is 3.17. The maximum absolute atomic E-state index is 9.09. The highest BCUT2D eigenvalue weighted by Crippen LogP contribution is 2.17. The van der Waals surface area contributed by atoms with Crippen LogP contribution < -0.4 is 0 Å². The van der Waals surface area contributed by atoms with Crippen molar-refractivity contribution in [3.05, 3.63) is 41.5 Å². The van der Waals surface area contributed by atoms with Crippen molar-refractivity contribution in [3.8, 4) is 6.07 Å². The first kappa shape index (κ1) is 10.5. The molecule has 0 saturated carbocycles. The minimum atomic E-state index is -0.346. The van der Waals surface area contributed by atoms with Gasteiger partial charge in [0.25, 0.3) is 0 Å². The normalized spacial score (nSPS) is 11.8. The first-order chi connectivity index (χ1) is 6.83. The molecule has 1 aromatic carbocycles. The van der Waals surface area contributed by atoms with E-state index in [9.17, 15) is 0 Å². The fourth-order valence-electron chi connectivity index (χ4n) is 1.20. The van der Waals surface area contributed by atoms with E-state index >= 15 is 0 Å². The molecule has 0 saturated heterocycles. The van der Waals surface area contributed by atoms with E-state index in [1.165, 1.54) is 0 Å². The second kappa shape index (κ2) is 5.18. The van der Waals surface area contributed by atoms with Crippen molar-refractivity contribution in [2.24, 2.45) is 0 Å². The van der Waals surface area contributed by atoms with Crippen molar-refractivity contribution in [2.75, 3.05) is 13.2 Å². The quantitative estimate of drug-likeness (QED) is 0.696. The molecule has 0 unspecified atom stereocenters. The maximum Gasteiger partial charge on any atom is 0.0975 e. The lowest BCUT2D eigenvalue weighted by Gasteiger charge is -2.05. The average Bonchev–Trinajstić information content (AvgIpc) is 2.27. The summed E-state index contributed by atoms with van der Waals surface area (Å²) in [4.78, 5) is 0. The van der Waals surface area contributed by atoms with E-state index in [0.717, 1.165) is 5.56 Å². The van der Waals surface area contributed by atoms with Crippen molar-refractivity contribution in [2.45, 2.75) is 0 Å². The summed E-state index contributed by atoms with van der Waals surface area (Å²) in [7, 11) is 0. The van der Waals surface area contributed by atoms with Gasteiger partial charge in [-0.05, 0) is 5.56 Å². The van der Waals surface area contributed by atoms with Crippen LogP contribution in [0.15, 0.2) is 35.9 Å². The number of aliphatic hydroxyl groups excluding tert-OH is 2. The molecule has 14 heavy (non-hydrogen) atoms. The SMILES string of the molecule is N#C/C(CO)=C(/CO)c1ccccc1. The molecular formula is C11H11NO2. The monoisotopic (exact) mass is 189 g/mol. The third-order valence-electron chi connectivity index (χ3n) is 1.94. The van der Waals surface area contributed by atoms with E-state index in [1.807, 2.05) is 24.3 Å². The van der Waals surface area contributed by atoms with E-state index in [-0.39, 0.29) is 18.8 Å². The number of nitrogens with zero attached hydrogens (tertiary/aromatic N) is 1. The lowest BCUT2D eigenvalue weighted by molar-refractivity contribution is 0.328. The van der Waals surface area contributed by atoms with Crippen molar-refractivity contribution < 1.29 is 10.2 Å². The number of hydrogen-bond acceptors (Lipinski definition) is 3. The highest BCUT2D eigenvalue weighted by molar-refractivity contribution is 5.72. The van der Waals surface area contributed by atoms with Crippen LogP contribution in [0, 0.1) is 11.3 Å². The van der Waals surface area contributed by atoms with Gasteiger partial charge in [0.1, 0.15) is 0 Å². The van der Waals surface area contributed by atoms with E-state index in [1.54, 1.807) is 12.1 Å². The summed E-state index contributed by atoms with van der Waals surface area (Å²) in [6.07, 6.45) is 0. The fraction of sp³-hybridized carbons (Fsp3) is 0.182. The molecule has 0 aliphatic carbocycles. The van der Waals surface area contributed by atoms with Gasteiger partial charge >= 0.3 is 0 Å². The Bertz CT molecular complexity index is 363. The molecular weight excluding hydrogens is 178 g/mol. The number of nitriles is 1. The third kappa shape index (κ3) is 2.19. The second-order valence-corrected chi connectivity index (χ2v) is 2.75. The second-order valence-electron chi connectivity index (χ2n) is 2.75. The molecule has 0 spiro atoms. The number of aliphatic hydroxyl groups is 2. The predicted molar refractivity (Wildman–Crippen MR) is 53.1 cm³/mol. The summed E-state index contributed by atoms with van der Waals surface area (Å²) >= 11 is 0. The fourth-order valence-corrected chi connectivity index (χ4v) is 1.20. The van der Waals surface area contributed by atoms with Crippen molar-refractivity contribution in [1.82, 2.24) is 0 Å². The molecule has 0 heterocycles. The van der Waals surface area contributed by atoms with Crippen LogP contribution in [0.1, 0.15) is 5.56 Å². The van der Waals surface area contributed by atoms with Gasteiger partial charge in [-0.2, -0.15) is 5.26 Å². The van der Waals surface area contributed by atoms with Gasteiger partial charge in [0.2, 0.25) is 0 Å². The summed E-state index contributed by atoms with van der Waals surface area (Å²) in [5, 5.41) is 26.7. The van der Waals surface area contributed by atoms with Crippen LogP contribution in [-0.2, 0) is 0 Å². The standard InChI is InChI=1S/C11H11NO2/c12-6-10(7-13)11(8-14)9-4-2-1-3-5-9/h1-5,13-14H,7-8H2/b11-10+. The number of benzene rings is 1. The molecule has 2 N–H and O–H groups in total. The zero-order valence-electron chi connectivity index (χ0n) is 7.64. The summed E-state index contributed by atoms with van der Waals surface area (Å²) in [6.45, 7) is -0.589. The van der Waals surface area contributed by atoms with Crippen LogP contribution >= 0.6 is 0 Å². The van der Waals surface area contributed by atoms with Gasteiger partial charge in [0.15, 0.2) is 0 Å². The maximum atomic E-state index is 9.09. The Morgan fingerprint density at radius 2 is 1.79 bits per heavy atom. The van der Waals surface area contributed by atoms with Crippen molar-refractivity contribution >= 4 is 5.57 Å². The summed E-state index contributed by atoms with van der Waals surface area (Å²) < 4.78 is 0. The van der Waals surface area contributed by atoms with Gasteiger partial charge < -0.3 is 10.2 Å². The molecule has 0 aliphatic rings. The Labute approximate surface area is 82.5 Å². The molecule has 3 heteroatoms. The molecule has 1 aromatic rings. The van der Waals surface area contributed by atoms with E-state index < -0.39 is 0 Å². The Kier molecular flexibility index (Phi) is 3.86. The van der Waals surface area contributed by atoms with Crippen molar-refractivity contribution in [1.29, 1.82) is 5.26 Å². The van der Waals surface area contributed by atoms with E-state index in [4.69, 9.17) is 15.5 Å². The number of rotatable bonds is 3. The van der Waals surface area contributed by atoms with Crippen LogP contribution in [0.5, 0.6) is 0 Å². The summed E-state index contributed by atoms with van der Waals surface area (Å²) in [5.41, 5.74) is 1.45. The molecule has 3 nitrogen and oxygen atoms in total. The Morgan fingerprint density at radius 3 is 2.21 bits per heavy atom. The summed E-state index contributed by atoms with van der Waals surface area (Å²) in [5.74, 6) is 0. The van der Waals surface area contributed by atoms with Gasteiger partial charge in [-0.25, -0.2) is 0 Å². The summed E-state index contributed by atoms with van der Waals surface area (Å²) in [6, 6.07) is 10.9. The lowest BCUT2D eigenvalue weighted by atomic mass is 10.0. The topological polar surface area (TPSA) is 64.2 Å². The first-order valence-corrected chi connectivity index (χ1v) is 4.22. The predicted octanol–water partition coefficient (Wildman–Crippen LogP) is 0.948. The molecule has 0 aromatic heterocycles. The average molecular weight is 189 g/mol. The molecule has 0 fully saturated rings. The largest absolute Gasteiger partial charge is 0.392 e. The molecule has 0 atom stereocenters. The van der Waals surface area contributed by atoms with Crippen LogP contribution in [0.2, 0.25) is 0 Å². The first-order valence-electron chi connectivity index (χ1n) is 4.22. The molecule has 1 rings (SSSR count). The molecule has 0 radical (unpaired) electrons. The van der Waals surface area contributed by atoms with Gasteiger partial charge in [-0.1, -0.05) is 30.3 Å². The lowest BCUT2D eigenvalue weighted by Crippen LogP contribution is -1.98. The highest BCUT2D eigenvalue weighted by atomic mass is 16.3. The molecule has 0 aliphatic heterocycles. The van der Waals surface area contributed by atoms with E-state index in [0.29, 0.717) is 5.57 Å². The van der Waals surface area contributed by atoms with Crippen molar-refractivity contribution in [3.63, 3.8) is 0 Å². The highest BCUT2D eigenvalue weighted by Gasteiger charge is 2.06. The minimum absolute atomic E-state index is 0.207.